The van der Waals surface area contributed by atoms with Crippen molar-refractivity contribution in [1.29, 1.82) is 0 Å². The Kier molecular flexibility index (Phi) is 7.41. The second-order valence-electron chi connectivity index (χ2n) is 9.64. The number of carbonyl (C=O) groups excluding carboxylic acids is 1. The molecule has 0 unspecified atom stereocenters. The highest BCUT2D eigenvalue weighted by Gasteiger charge is 2.21. The van der Waals surface area contributed by atoms with Gasteiger partial charge in [-0.3, -0.25) is 9.78 Å². The minimum absolute atomic E-state index is 0.147. The molecule has 0 bridgehead atoms. The van der Waals surface area contributed by atoms with Gasteiger partial charge in [0.2, 0.25) is 0 Å². The topological polar surface area (TPSA) is 97.5 Å². The van der Waals surface area contributed by atoms with Gasteiger partial charge in [-0.2, -0.15) is 0 Å². The lowest BCUT2D eigenvalue weighted by Gasteiger charge is -2.33. The third kappa shape index (κ3) is 5.33. The average molecular weight is 487 g/mol. The van der Waals surface area contributed by atoms with Crippen LogP contribution in [-0.4, -0.2) is 60.1 Å². The lowest BCUT2D eigenvalue weighted by molar-refractivity contribution is 0.0988. The van der Waals surface area contributed by atoms with Crippen molar-refractivity contribution < 1.29 is 9.53 Å². The van der Waals surface area contributed by atoms with Crippen molar-refractivity contribution in [3.8, 4) is 11.3 Å². The zero-order valence-electron chi connectivity index (χ0n) is 20.9. The Hall–Kier alpha value is -3.52. The van der Waals surface area contributed by atoms with Crippen LogP contribution in [0.4, 0.5) is 17.2 Å². The van der Waals surface area contributed by atoms with E-state index in [1.54, 1.807) is 18.6 Å². The van der Waals surface area contributed by atoms with Crippen LogP contribution in [0.5, 0.6) is 0 Å². The van der Waals surface area contributed by atoms with Crippen LogP contribution in [0.25, 0.3) is 11.3 Å². The number of hydrogen-bond acceptors (Lipinski definition) is 8. The number of benzene rings is 1. The Morgan fingerprint density at radius 3 is 2.58 bits per heavy atom. The number of rotatable bonds is 7. The molecule has 0 spiro atoms. The van der Waals surface area contributed by atoms with Crippen molar-refractivity contribution in [2.45, 2.75) is 44.6 Å². The molecule has 1 saturated heterocycles. The molecule has 2 fully saturated rings. The van der Waals surface area contributed by atoms with Gasteiger partial charge in [0, 0.05) is 67.5 Å². The maximum atomic E-state index is 13.3. The molecule has 1 aromatic carbocycles. The summed E-state index contributed by atoms with van der Waals surface area (Å²) in [6.45, 7) is 2.92. The Morgan fingerprint density at radius 2 is 1.83 bits per heavy atom. The molecule has 0 amide bonds. The normalized spacial score (nSPS) is 16.6. The van der Waals surface area contributed by atoms with Crippen LogP contribution in [0.15, 0.2) is 48.9 Å². The molecule has 8 nitrogen and oxygen atoms in total. The van der Waals surface area contributed by atoms with Gasteiger partial charge in [-0.05, 0) is 31.0 Å². The van der Waals surface area contributed by atoms with Crippen molar-refractivity contribution >= 4 is 23.0 Å². The number of nitrogens with zero attached hydrogens (tertiary/aromatic N) is 5. The number of nitrogens with two attached hydrogens (primary N) is 1. The smallest absolute Gasteiger partial charge is 0.189 e. The van der Waals surface area contributed by atoms with Gasteiger partial charge in [0.1, 0.15) is 5.69 Å². The Bertz CT molecular complexity index is 1190. The number of carbonyl (C=O) groups is 1. The van der Waals surface area contributed by atoms with Crippen LogP contribution in [0.2, 0.25) is 0 Å². The fourth-order valence-electron chi connectivity index (χ4n) is 5.21. The fourth-order valence-corrected chi connectivity index (χ4v) is 5.21. The molecule has 1 aliphatic carbocycles. The van der Waals surface area contributed by atoms with E-state index in [1.807, 2.05) is 18.2 Å². The van der Waals surface area contributed by atoms with Gasteiger partial charge >= 0.3 is 0 Å². The third-order valence-corrected chi connectivity index (χ3v) is 7.34. The minimum atomic E-state index is -0.169. The zero-order valence-corrected chi connectivity index (χ0v) is 20.9. The molecule has 3 aromatic rings. The van der Waals surface area contributed by atoms with E-state index >= 15 is 0 Å². The summed E-state index contributed by atoms with van der Waals surface area (Å²) in [4.78, 5) is 31.1. The predicted molar refractivity (Wildman–Crippen MR) is 142 cm³/mol. The highest BCUT2D eigenvalue weighted by atomic mass is 16.5. The van der Waals surface area contributed by atoms with Gasteiger partial charge in [0.25, 0.3) is 0 Å². The van der Waals surface area contributed by atoms with E-state index in [9.17, 15) is 4.79 Å². The van der Waals surface area contributed by atoms with E-state index in [1.165, 1.54) is 37.8 Å². The van der Waals surface area contributed by atoms with Crippen molar-refractivity contribution in [3.63, 3.8) is 0 Å². The van der Waals surface area contributed by atoms with E-state index < -0.39 is 0 Å². The molecule has 188 valence electrons. The maximum Gasteiger partial charge on any atom is 0.189 e. The summed E-state index contributed by atoms with van der Waals surface area (Å²) in [6, 6.07) is 10.9. The van der Waals surface area contributed by atoms with Crippen LogP contribution in [0.1, 0.15) is 48.2 Å². The summed E-state index contributed by atoms with van der Waals surface area (Å²) < 4.78 is 5.47. The van der Waals surface area contributed by atoms with Crippen LogP contribution in [0.3, 0.4) is 0 Å². The summed E-state index contributed by atoms with van der Waals surface area (Å²) in [6.07, 6.45) is 11.7. The summed E-state index contributed by atoms with van der Waals surface area (Å²) in [5.74, 6) is -0.0211. The standard InChI is InChI=1S/C28H34N6O2/c1-33(22-5-3-2-4-6-22)23-9-7-20(8-10-23)24-19-31-28(29)27(32-24)26(35)17-21-18-30-12-11-25(21)34-13-15-36-16-14-34/h7-12,18-19,22H,2-6,13-17H2,1H3,(H2,29,31). The van der Waals surface area contributed by atoms with E-state index in [4.69, 9.17) is 10.5 Å². The van der Waals surface area contributed by atoms with Crippen molar-refractivity contribution in [3.05, 3.63) is 60.2 Å². The van der Waals surface area contributed by atoms with Crippen molar-refractivity contribution in [2.75, 3.05) is 48.9 Å². The SMILES string of the molecule is CN(c1ccc(-c2cnc(N)c(C(=O)Cc3cnccc3N3CCOCC3)n2)cc1)C1CCCCC1. The molecule has 36 heavy (non-hydrogen) atoms. The van der Waals surface area contributed by atoms with Gasteiger partial charge in [-0.15, -0.1) is 0 Å². The number of nitrogen functional groups attached to an aromatic ring is 1. The minimum Gasteiger partial charge on any atom is -0.382 e. The first-order chi connectivity index (χ1) is 17.6. The molecule has 0 radical (unpaired) electrons. The van der Waals surface area contributed by atoms with Gasteiger partial charge in [-0.25, -0.2) is 9.97 Å². The first kappa shape index (κ1) is 24.2. The van der Waals surface area contributed by atoms with Crippen LogP contribution in [-0.2, 0) is 11.2 Å². The number of ether oxygens (including phenoxy) is 1. The highest BCUT2D eigenvalue weighted by molar-refractivity contribution is 6.00. The molecule has 1 saturated carbocycles. The first-order valence-electron chi connectivity index (χ1n) is 12.8. The number of anilines is 3. The van der Waals surface area contributed by atoms with E-state index in [2.05, 4.69) is 43.9 Å². The van der Waals surface area contributed by atoms with Crippen LogP contribution < -0.4 is 15.5 Å². The zero-order chi connectivity index (χ0) is 24.9. The predicted octanol–water partition coefficient (Wildman–Crippen LogP) is 4.15. The molecule has 0 atom stereocenters. The second kappa shape index (κ2) is 11.0. The number of morpholine rings is 1. The van der Waals surface area contributed by atoms with Crippen LogP contribution in [0, 0.1) is 0 Å². The van der Waals surface area contributed by atoms with Crippen LogP contribution >= 0.6 is 0 Å². The van der Waals surface area contributed by atoms with Crippen molar-refractivity contribution in [1.82, 2.24) is 15.0 Å². The largest absolute Gasteiger partial charge is 0.382 e. The molecule has 2 aromatic heterocycles. The number of pyridine rings is 1. The second-order valence-corrected chi connectivity index (χ2v) is 9.64. The number of hydrogen-bond donors (Lipinski definition) is 1. The molecule has 8 heteroatoms. The summed E-state index contributed by atoms with van der Waals surface area (Å²) >= 11 is 0. The fraction of sp³-hybridized carbons (Fsp3) is 0.429. The Labute approximate surface area is 212 Å². The lowest BCUT2D eigenvalue weighted by Crippen LogP contribution is -2.37. The summed E-state index contributed by atoms with van der Waals surface area (Å²) in [5.41, 5.74) is 10.9. The highest BCUT2D eigenvalue weighted by Crippen LogP contribution is 2.28. The molecule has 2 N–H and O–H groups in total. The van der Waals surface area contributed by atoms with Crippen molar-refractivity contribution in [2.24, 2.45) is 0 Å². The molecule has 3 heterocycles. The lowest BCUT2D eigenvalue weighted by atomic mass is 9.94. The Balaban J connectivity index is 1.33. The van der Waals surface area contributed by atoms with E-state index in [-0.39, 0.29) is 23.7 Å². The van der Waals surface area contributed by atoms with Gasteiger partial charge in [0.05, 0.1) is 25.1 Å². The molecular weight excluding hydrogens is 452 g/mol. The number of aromatic nitrogens is 3. The molecule has 2 aliphatic rings. The quantitative estimate of drug-likeness (QED) is 0.498. The number of ketones is 1. The molecule has 5 rings (SSSR count). The van der Waals surface area contributed by atoms with Gasteiger partial charge in [-0.1, -0.05) is 31.4 Å². The monoisotopic (exact) mass is 486 g/mol. The average Bonchev–Trinajstić information content (AvgIpc) is 2.94. The summed E-state index contributed by atoms with van der Waals surface area (Å²) in [5, 5.41) is 0. The van der Waals surface area contributed by atoms with E-state index in [0.717, 1.165) is 29.9 Å². The van der Waals surface area contributed by atoms with Gasteiger partial charge in [0.15, 0.2) is 11.6 Å². The molecular formula is C28H34N6O2. The summed E-state index contributed by atoms with van der Waals surface area (Å²) in [7, 11) is 2.17. The third-order valence-electron chi connectivity index (χ3n) is 7.34. The number of Topliss-reactive ketones (excluding diaryl/α,β-unsaturated/α-hetero) is 1. The van der Waals surface area contributed by atoms with Gasteiger partial charge < -0.3 is 20.3 Å². The van der Waals surface area contributed by atoms with E-state index in [0.29, 0.717) is 24.9 Å². The molecule has 1 aliphatic heterocycles. The maximum absolute atomic E-state index is 13.3. The first-order valence-corrected chi connectivity index (χ1v) is 12.8. The Morgan fingerprint density at radius 1 is 1.08 bits per heavy atom.